The molecule has 100 valence electrons. The fraction of sp³-hybridized carbons (Fsp3) is 0.0667. The van der Waals surface area contributed by atoms with Crippen LogP contribution in [0.1, 0.15) is 5.56 Å². The van der Waals surface area contributed by atoms with E-state index < -0.39 is 0 Å². The topological polar surface area (TPSA) is 58.0 Å². The van der Waals surface area contributed by atoms with Gasteiger partial charge in [0.2, 0.25) is 5.28 Å². The third-order valence-electron chi connectivity index (χ3n) is 3.04. The van der Waals surface area contributed by atoms with Crippen LogP contribution >= 0.6 is 11.6 Å². The Bertz CT molecular complexity index is 789. The first-order valence-corrected chi connectivity index (χ1v) is 6.50. The smallest absolute Gasteiger partial charge is 0.224 e. The van der Waals surface area contributed by atoms with Crippen LogP contribution in [-0.4, -0.2) is 15.1 Å². The summed E-state index contributed by atoms with van der Waals surface area (Å²) in [5, 5.41) is 13.8. The largest absolute Gasteiger partial charge is 0.508 e. The zero-order valence-corrected chi connectivity index (χ0v) is 11.5. The summed E-state index contributed by atoms with van der Waals surface area (Å²) >= 11 is 5.95. The van der Waals surface area contributed by atoms with Crippen LogP contribution in [-0.2, 0) is 0 Å². The van der Waals surface area contributed by atoms with Crippen molar-refractivity contribution >= 4 is 34.0 Å². The van der Waals surface area contributed by atoms with Crippen LogP contribution in [0.3, 0.4) is 0 Å². The summed E-state index contributed by atoms with van der Waals surface area (Å²) in [6, 6.07) is 12.8. The fourth-order valence-corrected chi connectivity index (χ4v) is 2.23. The quantitative estimate of drug-likeness (QED) is 0.551. The summed E-state index contributed by atoms with van der Waals surface area (Å²) in [5.74, 6) is 0.882. The first kappa shape index (κ1) is 12.7. The number of nitrogens with zero attached hydrogens (tertiary/aromatic N) is 2. The molecule has 5 heteroatoms. The third kappa shape index (κ3) is 2.38. The minimum atomic E-state index is 0.197. The summed E-state index contributed by atoms with van der Waals surface area (Å²) in [6.45, 7) is 1.91. The van der Waals surface area contributed by atoms with Crippen LogP contribution in [0, 0.1) is 6.92 Å². The molecule has 0 spiro atoms. The third-order valence-corrected chi connectivity index (χ3v) is 3.21. The zero-order chi connectivity index (χ0) is 14.1. The van der Waals surface area contributed by atoms with Gasteiger partial charge in [0, 0.05) is 11.1 Å². The number of aromatic nitrogens is 2. The van der Waals surface area contributed by atoms with Crippen LogP contribution in [0.25, 0.3) is 10.9 Å². The van der Waals surface area contributed by atoms with Crippen molar-refractivity contribution in [2.75, 3.05) is 5.32 Å². The monoisotopic (exact) mass is 285 g/mol. The molecule has 0 atom stereocenters. The van der Waals surface area contributed by atoms with E-state index in [1.54, 1.807) is 18.2 Å². The van der Waals surface area contributed by atoms with Gasteiger partial charge in [0.25, 0.3) is 0 Å². The van der Waals surface area contributed by atoms with Crippen molar-refractivity contribution in [1.82, 2.24) is 9.97 Å². The molecular weight excluding hydrogens is 274 g/mol. The van der Waals surface area contributed by atoms with E-state index in [2.05, 4.69) is 15.3 Å². The molecular formula is C15H12ClN3O. The molecule has 3 rings (SSSR count). The Balaban J connectivity index is 2.10. The molecule has 1 aromatic heterocycles. The van der Waals surface area contributed by atoms with E-state index in [4.69, 9.17) is 11.6 Å². The first-order chi connectivity index (χ1) is 9.63. The van der Waals surface area contributed by atoms with Crippen molar-refractivity contribution in [3.05, 3.63) is 53.3 Å². The van der Waals surface area contributed by atoms with Crippen LogP contribution < -0.4 is 5.32 Å². The number of aryl methyl sites for hydroxylation is 1. The highest BCUT2D eigenvalue weighted by molar-refractivity contribution is 6.28. The number of fused-ring (bicyclic) bond motifs is 1. The number of hydrogen-bond donors (Lipinski definition) is 2. The molecule has 0 saturated carbocycles. The van der Waals surface area contributed by atoms with E-state index >= 15 is 0 Å². The molecule has 2 N–H and O–H groups in total. The van der Waals surface area contributed by atoms with Crippen molar-refractivity contribution in [3.63, 3.8) is 0 Å². The minimum absolute atomic E-state index is 0.197. The Labute approximate surface area is 121 Å². The van der Waals surface area contributed by atoms with Gasteiger partial charge in [-0.1, -0.05) is 12.1 Å². The second-order valence-corrected chi connectivity index (χ2v) is 4.82. The number of halogens is 1. The Hall–Kier alpha value is -2.33. The van der Waals surface area contributed by atoms with Crippen molar-refractivity contribution in [2.45, 2.75) is 6.92 Å². The normalized spacial score (nSPS) is 10.7. The molecule has 1 heterocycles. The number of hydrogen-bond acceptors (Lipinski definition) is 4. The van der Waals surface area contributed by atoms with Crippen LogP contribution in [0.15, 0.2) is 42.5 Å². The Morgan fingerprint density at radius 3 is 2.70 bits per heavy atom. The number of aromatic hydroxyl groups is 1. The minimum Gasteiger partial charge on any atom is -0.508 e. The number of rotatable bonds is 2. The van der Waals surface area contributed by atoms with Gasteiger partial charge in [-0.05, 0) is 54.4 Å². The Morgan fingerprint density at radius 1 is 1.10 bits per heavy atom. The van der Waals surface area contributed by atoms with Crippen molar-refractivity contribution in [3.8, 4) is 5.75 Å². The van der Waals surface area contributed by atoms with E-state index in [1.807, 2.05) is 31.2 Å². The molecule has 4 nitrogen and oxygen atoms in total. The molecule has 0 radical (unpaired) electrons. The highest BCUT2D eigenvalue weighted by Gasteiger charge is 2.08. The molecule has 0 aliphatic heterocycles. The molecule has 2 aromatic carbocycles. The van der Waals surface area contributed by atoms with E-state index in [9.17, 15) is 5.11 Å². The molecule has 0 aliphatic carbocycles. The maximum absolute atomic E-state index is 9.44. The maximum Gasteiger partial charge on any atom is 0.224 e. The first-order valence-electron chi connectivity index (χ1n) is 6.12. The molecule has 0 fully saturated rings. The maximum atomic E-state index is 9.44. The highest BCUT2D eigenvalue weighted by Crippen LogP contribution is 2.28. The van der Waals surface area contributed by atoms with Gasteiger partial charge in [-0.25, -0.2) is 4.98 Å². The van der Waals surface area contributed by atoms with E-state index in [0.717, 1.165) is 22.2 Å². The molecule has 0 bridgehead atoms. The lowest BCUT2D eigenvalue weighted by Gasteiger charge is -2.11. The number of anilines is 2. The number of phenols is 1. The van der Waals surface area contributed by atoms with Crippen molar-refractivity contribution in [2.24, 2.45) is 0 Å². The average molecular weight is 286 g/mol. The molecule has 0 saturated heterocycles. The van der Waals surface area contributed by atoms with Gasteiger partial charge in [0.05, 0.1) is 5.52 Å². The SMILES string of the molecule is Cc1cc(O)ccc1Nc1nc(Cl)nc2ccccc12. The second kappa shape index (κ2) is 4.98. The van der Waals surface area contributed by atoms with Crippen LogP contribution in [0.4, 0.5) is 11.5 Å². The Kier molecular flexibility index (Phi) is 3.16. The Morgan fingerprint density at radius 2 is 1.90 bits per heavy atom. The van der Waals surface area contributed by atoms with Crippen molar-refractivity contribution in [1.29, 1.82) is 0 Å². The van der Waals surface area contributed by atoms with Crippen molar-refractivity contribution < 1.29 is 5.11 Å². The number of nitrogens with one attached hydrogen (secondary N) is 1. The van der Waals surface area contributed by atoms with Gasteiger partial charge >= 0.3 is 0 Å². The number of para-hydroxylation sites is 1. The van der Waals surface area contributed by atoms with Gasteiger partial charge in [-0.3, -0.25) is 0 Å². The lowest BCUT2D eigenvalue weighted by Crippen LogP contribution is -1.98. The van der Waals surface area contributed by atoms with Gasteiger partial charge in [-0.2, -0.15) is 4.98 Å². The summed E-state index contributed by atoms with van der Waals surface area (Å²) in [6.07, 6.45) is 0. The summed E-state index contributed by atoms with van der Waals surface area (Å²) in [7, 11) is 0. The lowest BCUT2D eigenvalue weighted by atomic mass is 10.2. The highest BCUT2D eigenvalue weighted by atomic mass is 35.5. The van der Waals surface area contributed by atoms with Crippen LogP contribution in [0.2, 0.25) is 5.28 Å². The molecule has 20 heavy (non-hydrogen) atoms. The summed E-state index contributed by atoms with van der Waals surface area (Å²) in [4.78, 5) is 8.43. The lowest BCUT2D eigenvalue weighted by molar-refractivity contribution is 0.475. The van der Waals surface area contributed by atoms with E-state index in [-0.39, 0.29) is 11.0 Å². The summed E-state index contributed by atoms with van der Waals surface area (Å²) < 4.78 is 0. The zero-order valence-electron chi connectivity index (χ0n) is 10.8. The standard InChI is InChI=1S/C15H12ClN3O/c1-9-8-10(20)6-7-12(9)17-14-11-4-2-3-5-13(11)18-15(16)19-14/h2-8,20H,1H3,(H,17,18,19). The van der Waals surface area contributed by atoms with Gasteiger partial charge in [-0.15, -0.1) is 0 Å². The number of phenolic OH excluding ortho intramolecular Hbond substituents is 1. The van der Waals surface area contributed by atoms with E-state index in [0.29, 0.717) is 5.82 Å². The number of benzene rings is 2. The molecule has 3 aromatic rings. The van der Waals surface area contributed by atoms with E-state index in [1.165, 1.54) is 0 Å². The second-order valence-electron chi connectivity index (χ2n) is 4.48. The molecule has 0 aliphatic rings. The predicted molar refractivity (Wildman–Crippen MR) is 80.7 cm³/mol. The van der Waals surface area contributed by atoms with Gasteiger partial charge < -0.3 is 10.4 Å². The van der Waals surface area contributed by atoms with Gasteiger partial charge in [0.15, 0.2) is 0 Å². The fourth-order valence-electron chi connectivity index (χ4n) is 2.06. The summed E-state index contributed by atoms with van der Waals surface area (Å²) in [5.41, 5.74) is 2.57. The molecule has 0 unspecified atom stereocenters. The average Bonchev–Trinajstić information content (AvgIpc) is 2.41. The van der Waals surface area contributed by atoms with Crippen LogP contribution in [0.5, 0.6) is 5.75 Å². The van der Waals surface area contributed by atoms with Gasteiger partial charge in [0.1, 0.15) is 11.6 Å². The molecule has 0 amide bonds. The predicted octanol–water partition coefficient (Wildman–Crippen LogP) is 4.04.